The Morgan fingerprint density at radius 3 is 2.71 bits per heavy atom. The highest BCUT2D eigenvalue weighted by atomic mass is 16.1. The molecule has 2 N–H and O–H groups in total. The summed E-state index contributed by atoms with van der Waals surface area (Å²) in [5.74, 6) is 0.226. The largest absolute Gasteiger partial charge is 0.382 e. The number of rotatable bonds is 2. The predicted octanol–water partition coefficient (Wildman–Crippen LogP) is 2.00. The molecule has 0 atom stereocenters. The number of anilines is 1. The van der Waals surface area contributed by atoms with E-state index in [1.54, 1.807) is 18.5 Å². The van der Waals surface area contributed by atoms with Crippen molar-refractivity contribution in [3.05, 3.63) is 36.3 Å². The molecule has 2 heterocycles. The number of nitrogens with two attached hydrogens (primary N) is 1. The van der Waals surface area contributed by atoms with Crippen LogP contribution in [0.4, 0.5) is 11.5 Å². The number of nitrogen functional groups attached to an aromatic ring is 1. The number of pyridine rings is 2. The second kappa shape index (κ2) is 4.55. The molecule has 0 unspecified atom stereocenters. The molecule has 0 aliphatic heterocycles. The number of hydrogen-bond acceptors (Lipinski definition) is 5. The molecular weight excluding hydrogens is 216 g/mol. The van der Waals surface area contributed by atoms with Crippen molar-refractivity contribution in [1.82, 2.24) is 9.97 Å². The zero-order chi connectivity index (χ0) is 12.3. The van der Waals surface area contributed by atoms with Crippen LogP contribution in [-0.4, -0.2) is 16.0 Å². The summed E-state index contributed by atoms with van der Waals surface area (Å²) in [6.07, 6.45) is 4.84. The summed E-state index contributed by atoms with van der Waals surface area (Å²) in [5.41, 5.74) is 8.59. The lowest BCUT2D eigenvalue weighted by Gasteiger charge is -2.07. The van der Waals surface area contributed by atoms with Crippen LogP contribution in [0.1, 0.15) is 5.69 Å². The number of aromatic nitrogens is 2. The van der Waals surface area contributed by atoms with Crippen LogP contribution >= 0.6 is 0 Å². The van der Waals surface area contributed by atoms with Crippen molar-refractivity contribution in [3.8, 4) is 11.1 Å². The minimum atomic E-state index is 0.226. The summed E-state index contributed by atoms with van der Waals surface area (Å²) >= 11 is 0. The fourth-order valence-electron chi connectivity index (χ4n) is 1.58. The molecule has 0 aromatic carbocycles. The second-order valence-electron chi connectivity index (χ2n) is 3.46. The minimum absolute atomic E-state index is 0.226. The SMILES string of the molecule is Cc1nc(N)c(N=C=O)cc1-c1ccncc1. The highest BCUT2D eigenvalue weighted by molar-refractivity contribution is 5.74. The average molecular weight is 226 g/mol. The van der Waals surface area contributed by atoms with E-state index in [9.17, 15) is 4.79 Å². The molecule has 17 heavy (non-hydrogen) atoms. The Bertz CT molecular complexity index is 589. The van der Waals surface area contributed by atoms with Crippen LogP contribution in [0.2, 0.25) is 0 Å². The van der Waals surface area contributed by atoms with E-state index in [-0.39, 0.29) is 5.82 Å². The smallest absolute Gasteiger partial charge is 0.240 e. The van der Waals surface area contributed by atoms with Gasteiger partial charge in [-0.15, -0.1) is 0 Å². The lowest BCUT2D eigenvalue weighted by molar-refractivity contribution is 0.565. The van der Waals surface area contributed by atoms with Crippen LogP contribution in [0.25, 0.3) is 11.1 Å². The van der Waals surface area contributed by atoms with Crippen LogP contribution in [0.3, 0.4) is 0 Å². The number of hydrogen-bond donors (Lipinski definition) is 1. The van der Waals surface area contributed by atoms with Gasteiger partial charge in [0.1, 0.15) is 5.69 Å². The molecule has 0 fully saturated rings. The van der Waals surface area contributed by atoms with E-state index in [2.05, 4.69) is 15.0 Å². The van der Waals surface area contributed by atoms with Crippen LogP contribution < -0.4 is 5.73 Å². The number of nitrogens with zero attached hydrogens (tertiary/aromatic N) is 3. The van der Waals surface area contributed by atoms with E-state index in [4.69, 9.17) is 5.73 Å². The Hall–Kier alpha value is -2.52. The molecular formula is C12H10N4O. The summed E-state index contributed by atoms with van der Waals surface area (Å²) < 4.78 is 0. The molecule has 5 nitrogen and oxygen atoms in total. The van der Waals surface area contributed by atoms with E-state index in [0.29, 0.717) is 5.69 Å². The molecule has 0 spiro atoms. The van der Waals surface area contributed by atoms with Crippen molar-refractivity contribution < 1.29 is 4.79 Å². The molecule has 0 aliphatic carbocycles. The lowest BCUT2D eigenvalue weighted by atomic mass is 10.1. The van der Waals surface area contributed by atoms with Gasteiger partial charge in [0, 0.05) is 23.7 Å². The van der Waals surface area contributed by atoms with Crippen molar-refractivity contribution in [2.24, 2.45) is 4.99 Å². The van der Waals surface area contributed by atoms with Gasteiger partial charge >= 0.3 is 0 Å². The zero-order valence-corrected chi connectivity index (χ0v) is 9.21. The van der Waals surface area contributed by atoms with Gasteiger partial charge in [-0.25, -0.2) is 9.78 Å². The fraction of sp³-hybridized carbons (Fsp3) is 0.0833. The molecule has 0 saturated carbocycles. The van der Waals surface area contributed by atoms with Gasteiger partial charge in [-0.05, 0) is 30.7 Å². The topological polar surface area (TPSA) is 81.2 Å². The maximum atomic E-state index is 10.3. The first-order valence-corrected chi connectivity index (χ1v) is 4.97. The van der Waals surface area contributed by atoms with Crippen molar-refractivity contribution in [2.45, 2.75) is 6.92 Å². The van der Waals surface area contributed by atoms with Crippen molar-refractivity contribution >= 4 is 17.6 Å². The zero-order valence-electron chi connectivity index (χ0n) is 9.21. The molecule has 2 aromatic heterocycles. The van der Waals surface area contributed by atoms with E-state index >= 15 is 0 Å². The molecule has 84 valence electrons. The number of isocyanates is 1. The number of aryl methyl sites for hydroxylation is 1. The maximum absolute atomic E-state index is 10.3. The molecule has 2 aromatic rings. The van der Waals surface area contributed by atoms with Gasteiger partial charge in [0.05, 0.1) is 0 Å². The lowest BCUT2D eigenvalue weighted by Crippen LogP contribution is -1.95. The van der Waals surface area contributed by atoms with E-state index in [1.165, 1.54) is 6.08 Å². The number of carbonyl (C=O) groups excluding carboxylic acids is 1. The molecule has 0 bridgehead atoms. The van der Waals surface area contributed by atoms with Crippen LogP contribution in [0.15, 0.2) is 35.6 Å². The minimum Gasteiger partial charge on any atom is -0.382 e. The second-order valence-corrected chi connectivity index (χ2v) is 3.46. The van der Waals surface area contributed by atoms with Gasteiger partial charge in [-0.3, -0.25) is 4.98 Å². The predicted molar refractivity (Wildman–Crippen MR) is 64.4 cm³/mol. The molecule has 0 radical (unpaired) electrons. The van der Waals surface area contributed by atoms with Gasteiger partial charge in [0.25, 0.3) is 0 Å². The van der Waals surface area contributed by atoms with Crippen LogP contribution in [0.5, 0.6) is 0 Å². The Morgan fingerprint density at radius 1 is 1.35 bits per heavy atom. The first-order chi connectivity index (χ1) is 8.22. The van der Waals surface area contributed by atoms with Gasteiger partial charge < -0.3 is 5.73 Å². The Labute approximate surface area is 98.1 Å². The third kappa shape index (κ3) is 2.19. The maximum Gasteiger partial charge on any atom is 0.240 e. The third-order valence-electron chi connectivity index (χ3n) is 2.38. The Balaban J connectivity index is 2.62. The summed E-state index contributed by atoms with van der Waals surface area (Å²) in [7, 11) is 0. The number of aliphatic imine (C=N–C) groups is 1. The first-order valence-electron chi connectivity index (χ1n) is 4.97. The van der Waals surface area contributed by atoms with Gasteiger partial charge in [-0.1, -0.05) is 0 Å². The average Bonchev–Trinajstić information content (AvgIpc) is 2.34. The summed E-state index contributed by atoms with van der Waals surface area (Å²) in [4.78, 5) is 21.9. The van der Waals surface area contributed by atoms with E-state index in [0.717, 1.165) is 16.8 Å². The highest BCUT2D eigenvalue weighted by Crippen LogP contribution is 2.29. The summed E-state index contributed by atoms with van der Waals surface area (Å²) in [6.45, 7) is 1.85. The highest BCUT2D eigenvalue weighted by Gasteiger charge is 2.08. The third-order valence-corrected chi connectivity index (χ3v) is 2.38. The van der Waals surface area contributed by atoms with Crippen LogP contribution in [-0.2, 0) is 4.79 Å². The fourth-order valence-corrected chi connectivity index (χ4v) is 1.58. The summed E-state index contributed by atoms with van der Waals surface area (Å²) in [6, 6.07) is 5.43. The normalized spacial score (nSPS) is 9.71. The van der Waals surface area contributed by atoms with Gasteiger partial charge in [0.2, 0.25) is 6.08 Å². The van der Waals surface area contributed by atoms with E-state index in [1.807, 2.05) is 19.1 Å². The monoisotopic (exact) mass is 226 g/mol. The van der Waals surface area contributed by atoms with Crippen molar-refractivity contribution in [1.29, 1.82) is 0 Å². The molecule has 5 heteroatoms. The molecule has 0 aliphatic rings. The van der Waals surface area contributed by atoms with Crippen molar-refractivity contribution in [3.63, 3.8) is 0 Å². The van der Waals surface area contributed by atoms with Crippen molar-refractivity contribution in [2.75, 3.05) is 5.73 Å². The quantitative estimate of drug-likeness (QED) is 0.627. The summed E-state index contributed by atoms with van der Waals surface area (Å²) in [5, 5.41) is 0. The van der Waals surface area contributed by atoms with Gasteiger partial charge in [-0.2, -0.15) is 4.99 Å². The Morgan fingerprint density at radius 2 is 2.06 bits per heavy atom. The van der Waals surface area contributed by atoms with Crippen LogP contribution in [0, 0.1) is 6.92 Å². The Kier molecular flexibility index (Phi) is 2.94. The van der Waals surface area contributed by atoms with E-state index < -0.39 is 0 Å². The van der Waals surface area contributed by atoms with Gasteiger partial charge in [0.15, 0.2) is 5.82 Å². The molecule has 2 rings (SSSR count). The standard InChI is InChI=1S/C12H10N4O/c1-8-10(9-2-4-14-5-3-9)6-11(15-7-17)12(13)16-8/h2-6H,1H3,(H2,13,16). The molecule has 0 saturated heterocycles. The molecule has 0 amide bonds. The first kappa shape index (κ1) is 11.0.